The van der Waals surface area contributed by atoms with E-state index in [1.165, 1.54) is 5.56 Å². The van der Waals surface area contributed by atoms with E-state index in [2.05, 4.69) is 16.0 Å². The molecular formula is C19H27N5O2. The van der Waals surface area contributed by atoms with Gasteiger partial charge >= 0.3 is 0 Å². The highest BCUT2D eigenvalue weighted by molar-refractivity contribution is 5.76. The minimum absolute atomic E-state index is 0.0944. The van der Waals surface area contributed by atoms with Gasteiger partial charge in [0.1, 0.15) is 5.82 Å². The van der Waals surface area contributed by atoms with Gasteiger partial charge in [-0.3, -0.25) is 4.79 Å². The lowest BCUT2D eigenvalue weighted by atomic mass is 10.1. The zero-order valence-corrected chi connectivity index (χ0v) is 15.5. The number of amides is 1. The number of carbonyl (C=O) groups excluding carboxylic acids is 1. The molecule has 0 unspecified atom stereocenters. The second kappa shape index (κ2) is 8.80. The largest absolute Gasteiger partial charge is 0.375 e. The highest BCUT2D eigenvalue weighted by Gasteiger charge is 2.23. The third-order valence-corrected chi connectivity index (χ3v) is 4.66. The molecule has 26 heavy (non-hydrogen) atoms. The van der Waals surface area contributed by atoms with Crippen molar-refractivity contribution in [1.82, 2.24) is 19.4 Å². The summed E-state index contributed by atoms with van der Waals surface area (Å²) in [6, 6.07) is 4.15. The minimum Gasteiger partial charge on any atom is -0.375 e. The van der Waals surface area contributed by atoms with Gasteiger partial charge in [0.05, 0.1) is 19.0 Å². The molecule has 1 atom stereocenters. The van der Waals surface area contributed by atoms with Crippen molar-refractivity contribution >= 4 is 11.7 Å². The van der Waals surface area contributed by atoms with Crippen LogP contribution in [0.2, 0.25) is 0 Å². The molecule has 0 aromatic carbocycles. The molecule has 140 valence electrons. The van der Waals surface area contributed by atoms with Gasteiger partial charge in [-0.25, -0.2) is 9.97 Å². The first-order valence-corrected chi connectivity index (χ1v) is 9.09. The summed E-state index contributed by atoms with van der Waals surface area (Å²) >= 11 is 0. The fraction of sp³-hybridized carbons (Fsp3) is 0.526. The second-order valence-corrected chi connectivity index (χ2v) is 6.84. The van der Waals surface area contributed by atoms with Crippen molar-refractivity contribution in [1.29, 1.82) is 0 Å². The number of imidazole rings is 1. The standard InChI is InChI=1S/C19H27N5O2/c1-22(2)18-13-16(5-7-21-18)3-4-17-14-24(11-12-26-17)19(25)6-9-23-10-8-20-15-23/h5,7-8,10,13,15,17H,3-4,6,9,11-12,14H2,1-2H3/t17-/m1/s1. The van der Waals surface area contributed by atoms with Gasteiger partial charge in [0.2, 0.25) is 5.91 Å². The molecule has 7 heteroatoms. The highest BCUT2D eigenvalue weighted by Crippen LogP contribution is 2.16. The summed E-state index contributed by atoms with van der Waals surface area (Å²) in [6.07, 6.45) is 9.62. The van der Waals surface area contributed by atoms with Crippen molar-refractivity contribution in [3.63, 3.8) is 0 Å². The molecule has 0 saturated carbocycles. The Balaban J connectivity index is 1.47. The number of aryl methyl sites for hydroxylation is 2. The fourth-order valence-corrected chi connectivity index (χ4v) is 3.11. The van der Waals surface area contributed by atoms with Crippen LogP contribution in [0.3, 0.4) is 0 Å². The molecular weight excluding hydrogens is 330 g/mol. The maximum absolute atomic E-state index is 12.5. The predicted molar refractivity (Wildman–Crippen MR) is 100 cm³/mol. The fourth-order valence-electron chi connectivity index (χ4n) is 3.11. The molecule has 0 aliphatic carbocycles. The first-order chi connectivity index (χ1) is 12.6. The van der Waals surface area contributed by atoms with Crippen molar-refractivity contribution in [3.05, 3.63) is 42.6 Å². The summed E-state index contributed by atoms with van der Waals surface area (Å²) < 4.78 is 7.81. The van der Waals surface area contributed by atoms with E-state index in [9.17, 15) is 4.79 Å². The number of hydrogen-bond donors (Lipinski definition) is 0. The third kappa shape index (κ3) is 5.05. The summed E-state index contributed by atoms with van der Waals surface area (Å²) in [4.78, 5) is 24.7. The molecule has 1 fully saturated rings. The second-order valence-electron chi connectivity index (χ2n) is 6.84. The Morgan fingerprint density at radius 2 is 2.27 bits per heavy atom. The normalized spacial score (nSPS) is 17.3. The van der Waals surface area contributed by atoms with E-state index in [0.717, 1.165) is 18.7 Å². The first-order valence-electron chi connectivity index (χ1n) is 9.09. The SMILES string of the molecule is CN(C)c1cc(CC[C@@H]2CN(C(=O)CCn3ccnc3)CCO2)ccn1. The van der Waals surface area contributed by atoms with Crippen LogP contribution in [-0.2, 0) is 22.5 Å². The smallest absolute Gasteiger partial charge is 0.224 e. The number of aromatic nitrogens is 3. The summed E-state index contributed by atoms with van der Waals surface area (Å²) in [5, 5.41) is 0. The van der Waals surface area contributed by atoms with Crippen molar-refractivity contribution < 1.29 is 9.53 Å². The van der Waals surface area contributed by atoms with Crippen LogP contribution in [-0.4, -0.2) is 65.2 Å². The third-order valence-electron chi connectivity index (χ3n) is 4.66. The number of ether oxygens (including phenoxy) is 1. The Morgan fingerprint density at radius 3 is 3.04 bits per heavy atom. The molecule has 3 heterocycles. The summed E-state index contributed by atoms with van der Waals surface area (Å²) in [6.45, 7) is 2.64. The molecule has 0 radical (unpaired) electrons. The lowest BCUT2D eigenvalue weighted by Crippen LogP contribution is -2.45. The Kier molecular flexibility index (Phi) is 6.22. The van der Waals surface area contributed by atoms with Gasteiger partial charge in [0, 0.05) is 58.7 Å². The topological polar surface area (TPSA) is 63.5 Å². The van der Waals surface area contributed by atoms with E-state index in [0.29, 0.717) is 32.7 Å². The van der Waals surface area contributed by atoms with Gasteiger partial charge in [-0.15, -0.1) is 0 Å². The molecule has 1 aliphatic heterocycles. The van der Waals surface area contributed by atoms with Crippen LogP contribution >= 0.6 is 0 Å². The van der Waals surface area contributed by atoms with Crippen molar-refractivity contribution in [3.8, 4) is 0 Å². The molecule has 1 amide bonds. The summed E-state index contributed by atoms with van der Waals surface area (Å²) in [5.74, 6) is 1.15. The highest BCUT2D eigenvalue weighted by atomic mass is 16.5. The van der Waals surface area contributed by atoms with E-state index < -0.39 is 0 Å². The quantitative estimate of drug-likeness (QED) is 0.753. The van der Waals surface area contributed by atoms with Crippen LogP contribution in [0.1, 0.15) is 18.4 Å². The van der Waals surface area contributed by atoms with E-state index >= 15 is 0 Å². The van der Waals surface area contributed by atoms with Crippen LogP contribution in [0, 0.1) is 0 Å². The Bertz CT molecular complexity index is 702. The molecule has 0 bridgehead atoms. The zero-order valence-electron chi connectivity index (χ0n) is 15.5. The van der Waals surface area contributed by atoms with Crippen LogP contribution in [0.15, 0.2) is 37.1 Å². The monoisotopic (exact) mass is 357 g/mol. The average molecular weight is 357 g/mol. The number of morpholine rings is 1. The number of carbonyl (C=O) groups is 1. The number of pyridine rings is 1. The van der Waals surface area contributed by atoms with E-state index in [1.54, 1.807) is 12.5 Å². The number of hydrogen-bond acceptors (Lipinski definition) is 5. The van der Waals surface area contributed by atoms with Gasteiger partial charge in [0.15, 0.2) is 0 Å². The Hall–Kier alpha value is -2.41. The van der Waals surface area contributed by atoms with E-state index in [-0.39, 0.29) is 12.0 Å². The van der Waals surface area contributed by atoms with Gasteiger partial charge in [-0.05, 0) is 30.5 Å². The van der Waals surface area contributed by atoms with Crippen molar-refractivity contribution in [2.45, 2.75) is 31.9 Å². The number of anilines is 1. The molecule has 2 aromatic heterocycles. The van der Waals surface area contributed by atoms with Crippen LogP contribution in [0.4, 0.5) is 5.82 Å². The first kappa shape index (κ1) is 18.4. The maximum atomic E-state index is 12.5. The molecule has 7 nitrogen and oxygen atoms in total. The lowest BCUT2D eigenvalue weighted by molar-refractivity contribution is -0.139. The van der Waals surface area contributed by atoms with E-state index in [4.69, 9.17) is 4.74 Å². The average Bonchev–Trinajstić information content (AvgIpc) is 3.18. The number of rotatable bonds is 7. The molecule has 0 N–H and O–H groups in total. The van der Waals surface area contributed by atoms with Crippen LogP contribution in [0.5, 0.6) is 0 Å². The zero-order chi connectivity index (χ0) is 18.4. The van der Waals surface area contributed by atoms with Crippen molar-refractivity contribution in [2.75, 3.05) is 38.7 Å². The molecule has 1 aliphatic rings. The van der Waals surface area contributed by atoms with Crippen LogP contribution < -0.4 is 4.90 Å². The van der Waals surface area contributed by atoms with Crippen LogP contribution in [0.25, 0.3) is 0 Å². The molecule has 3 rings (SSSR count). The maximum Gasteiger partial charge on any atom is 0.224 e. The summed E-state index contributed by atoms with van der Waals surface area (Å²) in [7, 11) is 3.98. The van der Waals surface area contributed by atoms with Gasteiger partial charge in [-0.1, -0.05) is 0 Å². The van der Waals surface area contributed by atoms with Gasteiger partial charge < -0.3 is 19.1 Å². The minimum atomic E-state index is 0.0944. The van der Waals surface area contributed by atoms with E-state index in [1.807, 2.05) is 46.9 Å². The van der Waals surface area contributed by atoms with Gasteiger partial charge in [0.25, 0.3) is 0 Å². The predicted octanol–water partition coefficient (Wildman–Crippen LogP) is 1.59. The van der Waals surface area contributed by atoms with Gasteiger partial charge in [-0.2, -0.15) is 0 Å². The Labute approximate surface area is 154 Å². The molecule has 1 saturated heterocycles. The molecule has 0 spiro atoms. The summed E-state index contributed by atoms with van der Waals surface area (Å²) in [5.41, 5.74) is 1.25. The lowest BCUT2D eigenvalue weighted by Gasteiger charge is -2.33. The number of nitrogens with zero attached hydrogens (tertiary/aromatic N) is 5. The Morgan fingerprint density at radius 1 is 1.38 bits per heavy atom. The van der Waals surface area contributed by atoms with Crippen molar-refractivity contribution in [2.24, 2.45) is 0 Å². The molecule has 2 aromatic rings.